The summed E-state index contributed by atoms with van der Waals surface area (Å²) in [6, 6.07) is 10.4. The van der Waals surface area contributed by atoms with Crippen molar-refractivity contribution in [3.05, 3.63) is 48.2 Å². The summed E-state index contributed by atoms with van der Waals surface area (Å²) in [5.41, 5.74) is 2.69. The maximum Gasteiger partial charge on any atom is 0.414 e. The van der Waals surface area contributed by atoms with Crippen molar-refractivity contribution in [2.75, 3.05) is 36.7 Å². The standard InChI is InChI=1S/C25H25N5O6S/c1-26-24(33)15(10-18(31)14-7-8-27-16-4-6-22(35-2)29-23(14)16)19-11-30(25(34)36-19)13-3-5-20-17(9-13)28-21(32)12-37-20/h3-9,15,18-19,31H,10-12H2,1-2H3,(H,26,33)(H,28,32)/t15?,18-,19+/m1/s1. The van der Waals surface area contributed by atoms with E-state index in [0.29, 0.717) is 39.6 Å². The first-order chi connectivity index (χ1) is 17.9. The first kappa shape index (κ1) is 24.8. The molecule has 2 aromatic heterocycles. The van der Waals surface area contributed by atoms with Crippen LogP contribution in [0.2, 0.25) is 0 Å². The van der Waals surface area contributed by atoms with Crippen molar-refractivity contribution in [3.8, 4) is 5.88 Å². The van der Waals surface area contributed by atoms with Gasteiger partial charge < -0.3 is 25.2 Å². The molecule has 3 N–H and O–H groups in total. The number of pyridine rings is 2. The second-order valence-corrected chi connectivity index (χ2v) is 9.66. The number of benzene rings is 1. The summed E-state index contributed by atoms with van der Waals surface area (Å²) < 4.78 is 10.8. The van der Waals surface area contributed by atoms with Gasteiger partial charge in [-0.1, -0.05) is 0 Å². The molecule has 2 aliphatic rings. The Morgan fingerprint density at radius 1 is 1.32 bits per heavy atom. The molecule has 4 heterocycles. The zero-order chi connectivity index (χ0) is 26.1. The molecule has 3 amide bonds. The van der Waals surface area contributed by atoms with E-state index in [4.69, 9.17) is 9.47 Å². The van der Waals surface area contributed by atoms with Crippen molar-refractivity contribution in [2.24, 2.45) is 5.92 Å². The third-order valence-corrected chi connectivity index (χ3v) is 7.48. The fourth-order valence-electron chi connectivity index (χ4n) is 4.53. The summed E-state index contributed by atoms with van der Waals surface area (Å²) in [7, 11) is 2.99. The minimum Gasteiger partial charge on any atom is -0.481 e. The smallest absolute Gasteiger partial charge is 0.414 e. The van der Waals surface area contributed by atoms with Crippen LogP contribution < -0.4 is 20.3 Å². The molecule has 3 aromatic rings. The molecular weight excluding hydrogens is 498 g/mol. The Morgan fingerprint density at radius 2 is 2.16 bits per heavy atom. The van der Waals surface area contributed by atoms with Gasteiger partial charge in [0.25, 0.3) is 0 Å². The van der Waals surface area contributed by atoms with Crippen LogP contribution >= 0.6 is 11.8 Å². The number of aliphatic hydroxyl groups is 1. The molecule has 0 radical (unpaired) electrons. The Labute approximate surface area is 216 Å². The number of rotatable bonds is 7. The number of hydrogen-bond acceptors (Lipinski definition) is 9. The van der Waals surface area contributed by atoms with Crippen molar-refractivity contribution in [1.29, 1.82) is 0 Å². The van der Waals surface area contributed by atoms with Gasteiger partial charge >= 0.3 is 6.09 Å². The van der Waals surface area contributed by atoms with Gasteiger partial charge in [-0.25, -0.2) is 9.78 Å². The van der Waals surface area contributed by atoms with Gasteiger partial charge in [-0.05, 0) is 36.8 Å². The lowest BCUT2D eigenvalue weighted by molar-refractivity contribution is -0.128. The van der Waals surface area contributed by atoms with Gasteiger partial charge in [0, 0.05) is 35.5 Å². The zero-order valence-electron chi connectivity index (χ0n) is 20.1. The lowest BCUT2D eigenvalue weighted by Crippen LogP contribution is -2.39. The first-order valence-electron chi connectivity index (χ1n) is 11.6. The summed E-state index contributed by atoms with van der Waals surface area (Å²) in [6.45, 7) is 0.104. The molecule has 1 unspecified atom stereocenters. The summed E-state index contributed by atoms with van der Waals surface area (Å²) in [5.74, 6) is -0.601. The summed E-state index contributed by atoms with van der Waals surface area (Å²) >= 11 is 1.42. The Hall–Kier alpha value is -3.90. The van der Waals surface area contributed by atoms with Crippen LogP contribution in [0.4, 0.5) is 16.2 Å². The van der Waals surface area contributed by atoms with E-state index in [1.165, 1.54) is 30.8 Å². The number of nitrogens with zero attached hydrogens (tertiary/aromatic N) is 3. The topological polar surface area (TPSA) is 143 Å². The number of ether oxygens (including phenoxy) is 2. The molecule has 12 heteroatoms. The first-order valence-corrected chi connectivity index (χ1v) is 12.6. The molecule has 1 fully saturated rings. The summed E-state index contributed by atoms with van der Waals surface area (Å²) in [6.07, 6.45) is -0.952. The second kappa shape index (κ2) is 10.2. The molecule has 0 spiro atoms. The van der Waals surface area contributed by atoms with Crippen molar-refractivity contribution >= 4 is 52.1 Å². The number of carbonyl (C=O) groups excluding carboxylic acids is 3. The molecule has 1 aromatic carbocycles. The minimum absolute atomic E-state index is 0.0135. The molecule has 37 heavy (non-hydrogen) atoms. The quantitative estimate of drug-likeness (QED) is 0.426. The number of aliphatic hydroxyl groups excluding tert-OH is 1. The number of methoxy groups -OCH3 is 1. The Bertz CT molecular complexity index is 1380. The average molecular weight is 524 g/mol. The molecule has 1 saturated heterocycles. The average Bonchev–Trinajstić information content (AvgIpc) is 3.30. The number of nitrogens with one attached hydrogen (secondary N) is 2. The van der Waals surface area contributed by atoms with Crippen LogP contribution in [0.1, 0.15) is 18.1 Å². The van der Waals surface area contributed by atoms with Gasteiger partial charge in [0.2, 0.25) is 17.7 Å². The molecular formula is C25H25N5O6S. The van der Waals surface area contributed by atoms with Crippen LogP contribution in [0.15, 0.2) is 47.5 Å². The molecule has 0 bridgehead atoms. The van der Waals surface area contributed by atoms with Gasteiger partial charge in [0.1, 0.15) is 6.10 Å². The number of hydrogen-bond donors (Lipinski definition) is 3. The molecule has 0 aliphatic carbocycles. The maximum atomic E-state index is 12.9. The van der Waals surface area contributed by atoms with Gasteiger partial charge in [-0.2, -0.15) is 0 Å². The molecule has 3 atom stereocenters. The number of anilines is 2. The van der Waals surface area contributed by atoms with E-state index in [-0.39, 0.29) is 24.8 Å². The Morgan fingerprint density at radius 3 is 2.95 bits per heavy atom. The highest BCUT2D eigenvalue weighted by Crippen LogP contribution is 2.37. The number of aromatic nitrogens is 2. The van der Waals surface area contributed by atoms with E-state index in [9.17, 15) is 19.5 Å². The lowest BCUT2D eigenvalue weighted by atomic mass is 9.91. The maximum absolute atomic E-state index is 12.9. The van der Waals surface area contributed by atoms with Gasteiger partial charge in [0.05, 0.1) is 48.2 Å². The van der Waals surface area contributed by atoms with Crippen molar-refractivity contribution in [1.82, 2.24) is 15.3 Å². The van der Waals surface area contributed by atoms with Crippen LogP contribution in [0, 0.1) is 5.92 Å². The molecule has 192 valence electrons. The van der Waals surface area contributed by atoms with E-state index in [0.717, 1.165) is 4.90 Å². The van der Waals surface area contributed by atoms with E-state index < -0.39 is 24.2 Å². The highest BCUT2D eigenvalue weighted by atomic mass is 32.2. The zero-order valence-corrected chi connectivity index (χ0v) is 20.9. The monoisotopic (exact) mass is 523 g/mol. The third kappa shape index (κ3) is 4.89. The fourth-order valence-corrected chi connectivity index (χ4v) is 5.32. The van der Waals surface area contributed by atoms with Crippen molar-refractivity contribution < 1.29 is 29.0 Å². The summed E-state index contributed by atoms with van der Waals surface area (Å²) in [4.78, 5) is 48.5. The normalized spacial score (nSPS) is 18.6. The highest BCUT2D eigenvalue weighted by Gasteiger charge is 2.41. The van der Waals surface area contributed by atoms with Gasteiger partial charge in [0.15, 0.2) is 0 Å². The second-order valence-electron chi connectivity index (χ2n) is 8.64. The van der Waals surface area contributed by atoms with Crippen LogP contribution in [0.25, 0.3) is 11.0 Å². The minimum atomic E-state index is -1.09. The van der Waals surface area contributed by atoms with Crippen molar-refractivity contribution in [2.45, 2.75) is 23.5 Å². The molecule has 2 aliphatic heterocycles. The van der Waals surface area contributed by atoms with E-state index >= 15 is 0 Å². The predicted molar refractivity (Wildman–Crippen MR) is 137 cm³/mol. The van der Waals surface area contributed by atoms with Gasteiger partial charge in [-0.3, -0.25) is 19.5 Å². The number of fused-ring (bicyclic) bond motifs is 2. The summed E-state index contributed by atoms with van der Waals surface area (Å²) in [5, 5.41) is 16.6. The van der Waals surface area contributed by atoms with Crippen LogP contribution in [0.5, 0.6) is 5.88 Å². The molecule has 0 saturated carbocycles. The van der Waals surface area contributed by atoms with Gasteiger partial charge in [-0.15, -0.1) is 11.8 Å². The van der Waals surface area contributed by atoms with E-state index in [1.54, 1.807) is 36.5 Å². The number of amides is 3. The third-order valence-electron chi connectivity index (χ3n) is 6.41. The van der Waals surface area contributed by atoms with Crippen LogP contribution in [-0.4, -0.2) is 65.5 Å². The molecule has 11 nitrogen and oxygen atoms in total. The predicted octanol–water partition coefficient (Wildman–Crippen LogP) is 2.49. The number of cyclic esters (lactones) is 1. The SMILES string of the molecule is CNC(=O)C(C[C@@H](O)c1ccnc2ccc(OC)nc12)[C@@H]1CN(c2ccc3c(c2)NC(=O)CS3)C(=O)O1. The number of carbonyl (C=O) groups is 3. The van der Waals surface area contributed by atoms with Crippen molar-refractivity contribution in [3.63, 3.8) is 0 Å². The molecule has 5 rings (SSSR count). The van der Waals surface area contributed by atoms with E-state index in [2.05, 4.69) is 20.6 Å². The lowest BCUT2D eigenvalue weighted by Gasteiger charge is -2.24. The number of thioether (sulfide) groups is 1. The Balaban J connectivity index is 1.39. The van der Waals surface area contributed by atoms with Crippen LogP contribution in [-0.2, 0) is 14.3 Å². The van der Waals surface area contributed by atoms with Crippen LogP contribution in [0.3, 0.4) is 0 Å². The van der Waals surface area contributed by atoms with E-state index in [1.807, 2.05) is 6.07 Å². The Kier molecular flexibility index (Phi) is 6.85. The highest BCUT2D eigenvalue weighted by molar-refractivity contribution is 8.00. The largest absolute Gasteiger partial charge is 0.481 e. The fraction of sp³-hybridized carbons (Fsp3) is 0.320.